The summed E-state index contributed by atoms with van der Waals surface area (Å²) in [6.45, 7) is 0.231. The predicted octanol–water partition coefficient (Wildman–Crippen LogP) is 2.50. The first-order valence-corrected chi connectivity index (χ1v) is 8.33. The molecule has 2 aliphatic rings. The maximum Gasteiger partial charge on any atom is 0.251 e. The molecule has 1 unspecified atom stereocenters. The topological polar surface area (TPSA) is 94.4 Å². The van der Waals surface area contributed by atoms with Gasteiger partial charge in [0, 0.05) is 24.9 Å². The lowest BCUT2D eigenvalue weighted by Gasteiger charge is -2.23. The number of nitrogens with zero attached hydrogens (tertiary/aromatic N) is 3. The third kappa shape index (κ3) is 4.37. The van der Waals surface area contributed by atoms with Crippen molar-refractivity contribution in [3.63, 3.8) is 0 Å². The van der Waals surface area contributed by atoms with Crippen LogP contribution in [0.5, 0.6) is 5.88 Å². The molecule has 3 rings (SSSR count). The largest absolute Gasteiger partial charge is 0.491 e. The maximum atomic E-state index is 13.9. The van der Waals surface area contributed by atoms with Gasteiger partial charge in [-0.3, -0.25) is 5.41 Å². The Kier molecular flexibility index (Phi) is 5.60. The summed E-state index contributed by atoms with van der Waals surface area (Å²) in [5, 5.41) is 22.2. The van der Waals surface area contributed by atoms with Crippen molar-refractivity contribution in [3.05, 3.63) is 65.5 Å². The Labute approximate surface area is 154 Å². The number of hydrogen-bond acceptors (Lipinski definition) is 7. The fourth-order valence-corrected chi connectivity index (χ4v) is 2.69. The van der Waals surface area contributed by atoms with E-state index in [2.05, 4.69) is 15.3 Å². The zero-order chi connectivity index (χ0) is 19.4. The third-order valence-electron chi connectivity index (χ3n) is 4.14. The Hall–Kier alpha value is -3.07. The van der Waals surface area contributed by atoms with Crippen molar-refractivity contribution >= 4 is 5.71 Å². The second kappa shape index (κ2) is 8.09. The molecule has 1 aromatic rings. The van der Waals surface area contributed by atoms with Crippen molar-refractivity contribution in [2.45, 2.75) is 18.9 Å². The Morgan fingerprint density at radius 3 is 2.89 bits per heavy atom. The van der Waals surface area contributed by atoms with Gasteiger partial charge in [-0.25, -0.2) is 9.37 Å². The van der Waals surface area contributed by atoms with Crippen molar-refractivity contribution in [1.29, 1.82) is 5.41 Å². The molecule has 1 aromatic heterocycles. The molecule has 0 fully saturated rings. The summed E-state index contributed by atoms with van der Waals surface area (Å²) in [6, 6.07) is -0.337. The molecule has 9 heteroatoms. The Bertz CT molecular complexity index is 863. The lowest BCUT2D eigenvalue weighted by molar-refractivity contribution is -0.0711. The number of aromatic hydroxyl groups is 1. The van der Waals surface area contributed by atoms with Crippen LogP contribution in [0.4, 0.5) is 8.78 Å². The SMILES string of the molecule is CN1OC=CC1/C(=C/C(=N)c1ncc(F)c(O)n1)NCC1=CCCC=C1F. The second-order valence-electron chi connectivity index (χ2n) is 6.02. The molecule has 0 saturated carbocycles. The number of aromatic nitrogens is 2. The van der Waals surface area contributed by atoms with Gasteiger partial charge in [0.15, 0.2) is 5.82 Å². The lowest BCUT2D eigenvalue weighted by atomic mass is 10.1. The van der Waals surface area contributed by atoms with E-state index in [-0.39, 0.29) is 29.9 Å². The van der Waals surface area contributed by atoms with E-state index in [4.69, 9.17) is 10.2 Å². The standard InChI is InChI=1S/C18H19F2N5O2/c1-25-16(6-7-27-25)15(22-9-11-4-2-3-5-12(11)19)8-14(21)17-23-10-13(20)18(26)24-17/h4-8,10,16,21-22H,2-3,9H2,1H3,(H,23,24,26)/b15-8-,21-14?. The molecule has 0 saturated heterocycles. The smallest absolute Gasteiger partial charge is 0.251 e. The molecule has 0 aromatic carbocycles. The minimum atomic E-state index is -0.966. The zero-order valence-electron chi connectivity index (χ0n) is 14.6. The van der Waals surface area contributed by atoms with Crippen LogP contribution in [-0.2, 0) is 4.84 Å². The first kappa shape index (κ1) is 18.7. The highest BCUT2D eigenvalue weighted by molar-refractivity contribution is 6.04. The van der Waals surface area contributed by atoms with Crippen LogP contribution in [0.15, 0.2) is 53.9 Å². The first-order valence-electron chi connectivity index (χ1n) is 8.33. The number of hydrogen-bond donors (Lipinski definition) is 3. The van der Waals surface area contributed by atoms with Crippen molar-refractivity contribution in [3.8, 4) is 5.88 Å². The summed E-state index contributed by atoms with van der Waals surface area (Å²) < 4.78 is 27.1. The van der Waals surface area contributed by atoms with Crippen molar-refractivity contribution in [2.24, 2.45) is 0 Å². The molecular formula is C18H19F2N5O2. The van der Waals surface area contributed by atoms with Gasteiger partial charge in [0.2, 0.25) is 5.82 Å². The number of allylic oxidation sites excluding steroid dienone is 3. The molecule has 1 aliphatic carbocycles. The van der Waals surface area contributed by atoms with Gasteiger partial charge in [-0.1, -0.05) is 6.08 Å². The molecule has 27 heavy (non-hydrogen) atoms. The van der Waals surface area contributed by atoms with E-state index < -0.39 is 11.7 Å². The summed E-state index contributed by atoms with van der Waals surface area (Å²) in [7, 11) is 1.71. The average molecular weight is 375 g/mol. The quantitative estimate of drug-likeness (QED) is 0.662. The van der Waals surface area contributed by atoms with Gasteiger partial charge in [-0.15, -0.1) is 5.06 Å². The van der Waals surface area contributed by atoms with Crippen LogP contribution in [0.3, 0.4) is 0 Å². The Morgan fingerprint density at radius 1 is 1.44 bits per heavy atom. The van der Waals surface area contributed by atoms with Gasteiger partial charge in [0.05, 0.1) is 6.20 Å². The molecule has 0 radical (unpaired) electrons. The van der Waals surface area contributed by atoms with E-state index in [0.717, 1.165) is 12.6 Å². The van der Waals surface area contributed by atoms with Gasteiger partial charge in [0.1, 0.15) is 23.8 Å². The molecule has 1 aliphatic heterocycles. The van der Waals surface area contributed by atoms with Crippen molar-refractivity contribution in [1.82, 2.24) is 20.3 Å². The summed E-state index contributed by atoms with van der Waals surface area (Å²) in [6.07, 6.45) is 10.3. The van der Waals surface area contributed by atoms with Crippen molar-refractivity contribution in [2.75, 3.05) is 13.6 Å². The summed E-state index contributed by atoms with van der Waals surface area (Å²) >= 11 is 0. The fourth-order valence-electron chi connectivity index (χ4n) is 2.69. The molecule has 2 heterocycles. The maximum absolute atomic E-state index is 13.9. The second-order valence-corrected chi connectivity index (χ2v) is 6.02. The number of nitrogens with one attached hydrogen (secondary N) is 2. The van der Waals surface area contributed by atoms with Crippen LogP contribution in [0, 0.1) is 11.2 Å². The Morgan fingerprint density at radius 2 is 2.22 bits per heavy atom. The van der Waals surface area contributed by atoms with Gasteiger partial charge in [-0.05, 0) is 31.1 Å². The minimum Gasteiger partial charge on any atom is -0.491 e. The number of rotatable bonds is 6. The normalized spacial score (nSPS) is 20.1. The first-order chi connectivity index (χ1) is 13.0. The Balaban J connectivity index is 1.82. The molecule has 0 bridgehead atoms. The molecular weight excluding hydrogens is 356 g/mol. The van der Waals surface area contributed by atoms with E-state index in [1.807, 2.05) is 6.08 Å². The van der Waals surface area contributed by atoms with Crippen LogP contribution >= 0.6 is 0 Å². The highest BCUT2D eigenvalue weighted by atomic mass is 19.1. The van der Waals surface area contributed by atoms with Gasteiger partial charge >= 0.3 is 0 Å². The van der Waals surface area contributed by atoms with Crippen molar-refractivity contribution < 1.29 is 18.7 Å². The minimum absolute atomic E-state index is 0.137. The highest BCUT2D eigenvalue weighted by Gasteiger charge is 2.23. The summed E-state index contributed by atoms with van der Waals surface area (Å²) in [5.74, 6) is -2.19. The number of halogens is 2. The van der Waals surface area contributed by atoms with Crippen LogP contribution in [0.25, 0.3) is 0 Å². The third-order valence-corrected chi connectivity index (χ3v) is 4.14. The molecule has 1 atom stereocenters. The van der Waals surface area contributed by atoms with Crippen LogP contribution < -0.4 is 5.32 Å². The monoisotopic (exact) mass is 375 g/mol. The van der Waals surface area contributed by atoms with E-state index in [0.29, 0.717) is 17.7 Å². The van der Waals surface area contributed by atoms with E-state index in [9.17, 15) is 13.9 Å². The van der Waals surface area contributed by atoms with Gasteiger partial charge in [-0.2, -0.15) is 9.37 Å². The molecule has 7 nitrogen and oxygen atoms in total. The van der Waals surface area contributed by atoms with Crippen LogP contribution in [0.2, 0.25) is 0 Å². The van der Waals surface area contributed by atoms with Crippen LogP contribution in [0.1, 0.15) is 18.7 Å². The fraction of sp³-hybridized carbons (Fsp3) is 0.278. The van der Waals surface area contributed by atoms with Gasteiger partial charge < -0.3 is 15.3 Å². The number of likely N-dealkylation sites (N-methyl/N-ethyl adjacent to an activating group) is 1. The molecule has 0 amide bonds. The van der Waals surface area contributed by atoms with Crippen LogP contribution in [-0.4, -0.2) is 45.5 Å². The zero-order valence-corrected chi connectivity index (χ0v) is 14.6. The van der Waals surface area contributed by atoms with E-state index in [1.165, 1.54) is 12.3 Å². The molecule has 0 spiro atoms. The average Bonchev–Trinajstić information content (AvgIpc) is 3.08. The van der Waals surface area contributed by atoms with E-state index >= 15 is 0 Å². The van der Waals surface area contributed by atoms with E-state index in [1.54, 1.807) is 24.3 Å². The van der Waals surface area contributed by atoms with Gasteiger partial charge in [0.25, 0.3) is 5.88 Å². The summed E-state index contributed by atoms with van der Waals surface area (Å²) in [4.78, 5) is 12.5. The highest BCUT2D eigenvalue weighted by Crippen LogP contribution is 2.21. The number of hydroxylamine groups is 2. The summed E-state index contributed by atoms with van der Waals surface area (Å²) in [5.41, 5.74) is 0.943. The lowest BCUT2D eigenvalue weighted by Crippen LogP contribution is -2.34. The molecule has 142 valence electrons. The molecule has 3 N–H and O–H groups in total. The predicted molar refractivity (Wildman–Crippen MR) is 94.9 cm³/mol.